The van der Waals surface area contributed by atoms with E-state index in [1.807, 2.05) is 0 Å². The summed E-state index contributed by atoms with van der Waals surface area (Å²) < 4.78 is 10.9. The van der Waals surface area contributed by atoms with Crippen LogP contribution in [0.4, 0.5) is 11.8 Å². The first-order valence-electron chi connectivity index (χ1n) is 10.0. The van der Waals surface area contributed by atoms with Crippen LogP contribution in [0.15, 0.2) is 6.07 Å². The molecule has 0 aromatic carbocycles. The Hall–Kier alpha value is -1.44. The first-order chi connectivity index (χ1) is 12.8. The van der Waals surface area contributed by atoms with Crippen LogP contribution in [0.2, 0.25) is 0 Å². The van der Waals surface area contributed by atoms with Gasteiger partial charge in [-0.2, -0.15) is 4.98 Å². The number of aryl methyl sites for hydroxylation is 1. The maximum absolute atomic E-state index is 5.48. The molecule has 1 aromatic rings. The molecule has 0 bridgehead atoms. The molecule has 0 saturated carbocycles. The minimum atomic E-state index is 0.781. The Kier molecular flexibility index (Phi) is 5.87. The van der Waals surface area contributed by atoms with Crippen molar-refractivity contribution in [3.63, 3.8) is 0 Å². The van der Waals surface area contributed by atoms with Crippen LogP contribution in [0.1, 0.15) is 18.5 Å². The lowest BCUT2D eigenvalue weighted by Gasteiger charge is -2.37. The number of hydrogen-bond donors (Lipinski definition) is 0. The molecule has 0 spiro atoms. The second kappa shape index (κ2) is 8.50. The van der Waals surface area contributed by atoms with Crippen molar-refractivity contribution in [2.75, 3.05) is 82.0 Å². The van der Waals surface area contributed by atoms with Gasteiger partial charge in [-0.25, -0.2) is 4.98 Å². The van der Waals surface area contributed by atoms with Crippen molar-refractivity contribution in [2.45, 2.75) is 19.8 Å². The first-order valence-corrected chi connectivity index (χ1v) is 10.0. The molecule has 4 rings (SSSR count). The lowest BCUT2D eigenvalue weighted by atomic mass is 9.99. The third-order valence-electron chi connectivity index (χ3n) is 5.68. The van der Waals surface area contributed by atoms with Gasteiger partial charge >= 0.3 is 0 Å². The topological polar surface area (TPSA) is 54.0 Å². The molecule has 26 heavy (non-hydrogen) atoms. The van der Waals surface area contributed by atoms with Crippen LogP contribution in [0, 0.1) is 12.8 Å². The van der Waals surface area contributed by atoms with E-state index in [1.165, 1.54) is 19.4 Å². The summed E-state index contributed by atoms with van der Waals surface area (Å²) in [5.41, 5.74) is 1.04. The first kappa shape index (κ1) is 17.9. The van der Waals surface area contributed by atoms with E-state index in [9.17, 15) is 0 Å². The number of aromatic nitrogens is 2. The number of ether oxygens (including phenoxy) is 2. The highest BCUT2D eigenvalue weighted by molar-refractivity contribution is 5.46. The molecular formula is C19H31N5O2. The van der Waals surface area contributed by atoms with Gasteiger partial charge in [0.05, 0.1) is 13.2 Å². The van der Waals surface area contributed by atoms with E-state index in [1.54, 1.807) is 0 Å². The predicted octanol–water partition coefficient (Wildman–Crippen LogP) is 1.17. The molecule has 0 unspecified atom stereocenters. The van der Waals surface area contributed by atoms with Crippen LogP contribution in [0.3, 0.4) is 0 Å². The van der Waals surface area contributed by atoms with Crippen LogP contribution >= 0.6 is 0 Å². The van der Waals surface area contributed by atoms with E-state index in [2.05, 4.69) is 27.7 Å². The molecule has 0 radical (unpaired) electrons. The molecule has 0 atom stereocenters. The van der Waals surface area contributed by atoms with Crippen molar-refractivity contribution in [3.05, 3.63) is 11.8 Å². The number of rotatable bonds is 4. The summed E-state index contributed by atoms with van der Waals surface area (Å²) >= 11 is 0. The summed E-state index contributed by atoms with van der Waals surface area (Å²) in [6, 6.07) is 2.09. The average Bonchev–Trinajstić information content (AvgIpc) is 2.70. The van der Waals surface area contributed by atoms with Gasteiger partial charge in [0.2, 0.25) is 5.95 Å². The van der Waals surface area contributed by atoms with Crippen LogP contribution in [-0.4, -0.2) is 87.1 Å². The van der Waals surface area contributed by atoms with Crippen molar-refractivity contribution in [1.29, 1.82) is 0 Å². The Labute approximate surface area is 156 Å². The lowest BCUT2D eigenvalue weighted by Crippen LogP contribution is -2.49. The van der Waals surface area contributed by atoms with Crippen LogP contribution in [-0.2, 0) is 9.47 Å². The Balaban J connectivity index is 1.35. The third-order valence-corrected chi connectivity index (χ3v) is 5.68. The van der Waals surface area contributed by atoms with Crippen molar-refractivity contribution < 1.29 is 9.47 Å². The molecule has 3 aliphatic rings. The number of morpholine rings is 1. The fourth-order valence-corrected chi connectivity index (χ4v) is 4.06. The molecule has 1 aromatic heterocycles. The van der Waals surface area contributed by atoms with Gasteiger partial charge < -0.3 is 19.3 Å². The average molecular weight is 361 g/mol. The van der Waals surface area contributed by atoms with Gasteiger partial charge in [0.1, 0.15) is 5.82 Å². The van der Waals surface area contributed by atoms with Gasteiger partial charge in [0.25, 0.3) is 0 Å². The summed E-state index contributed by atoms with van der Waals surface area (Å²) in [4.78, 5) is 16.8. The van der Waals surface area contributed by atoms with Gasteiger partial charge in [-0.1, -0.05) is 0 Å². The standard InChI is InChI=1S/C19H31N5O2/c1-16-14-18(23-8-12-26-13-9-23)21-19(20-16)24-6-4-22(5-7-24)15-17-2-10-25-11-3-17/h14,17H,2-13,15H2,1H3. The normalized spacial score (nSPS) is 23.4. The number of hydrogen-bond acceptors (Lipinski definition) is 7. The summed E-state index contributed by atoms with van der Waals surface area (Å²) in [6.45, 7) is 12.8. The van der Waals surface area contributed by atoms with Crippen LogP contribution in [0.5, 0.6) is 0 Å². The summed E-state index contributed by atoms with van der Waals surface area (Å²) in [7, 11) is 0. The third kappa shape index (κ3) is 4.45. The van der Waals surface area contributed by atoms with E-state index in [0.717, 1.165) is 89.1 Å². The van der Waals surface area contributed by atoms with E-state index in [4.69, 9.17) is 19.4 Å². The van der Waals surface area contributed by atoms with Gasteiger partial charge in [0.15, 0.2) is 0 Å². The molecule has 0 N–H and O–H groups in total. The maximum Gasteiger partial charge on any atom is 0.227 e. The highest BCUT2D eigenvalue weighted by Gasteiger charge is 2.24. The summed E-state index contributed by atoms with van der Waals surface area (Å²) in [5.74, 6) is 2.73. The molecular weight excluding hydrogens is 330 g/mol. The van der Waals surface area contributed by atoms with Crippen molar-refractivity contribution in [1.82, 2.24) is 14.9 Å². The molecule has 7 nitrogen and oxygen atoms in total. The van der Waals surface area contributed by atoms with E-state index in [-0.39, 0.29) is 0 Å². The Morgan fingerprint density at radius 2 is 1.58 bits per heavy atom. The molecule has 0 aliphatic carbocycles. The highest BCUT2D eigenvalue weighted by Crippen LogP contribution is 2.21. The maximum atomic E-state index is 5.48. The molecule has 144 valence electrons. The second-order valence-corrected chi connectivity index (χ2v) is 7.61. The largest absolute Gasteiger partial charge is 0.381 e. The zero-order valence-electron chi connectivity index (χ0n) is 15.9. The van der Waals surface area contributed by atoms with E-state index >= 15 is 0 Å². The smallest absolute Gasteiger partial charge is 0.227 e. The monoisotopic (exact) mass is 361 g/mol. The zero-order valence-corrected chi connectivity index (χ0v) is 15.9. The molecule has 0 amide bonds. The van der Waals surface area contributed by atoms with Gasteiger partial charge in [-0.3, -0.25) is 4.90 Å². The zero-order chi connectivity index (χ0) is 17.8. The van der Waals surface area contributed by atoms with Crippen LogP contribution < -0.4 is 9.80 Å². The lowest BCUT2D eigenvalue weighted by molar-refractivity contribution is 0.0517. The van der Waals surface area contributed by atoms with E-state index < -0.39 is 0 Å². The quantitative estimate of drug-likeness (QED) is 0.798. The molecule has 3 saturated heterocycles. The number of piperazine rings is 1. The number of nitrogens with zero attached hydrogens (tertiary/aromatic N) is 5. The Bertz CT molecular complexity index is 579. The summed E-state index contributed by atoms with van der Waals surface area (Å²) in [5, 5.41) is 0. The molecule has 3 fully saturated rings. The van der Waals surface area contributed by atoms with Gasteiger partial charge in [-0.15, -0.1) is 0 Å². The van der Waals surface area contributed by atoms with Gasteiger partial charge in [0, 0.05) is 70.8 Å². The predicted molar refractivity (Wildman–Crippen MR) is 102 cm³/mol. The molecule has 7 heteroatoms. The Morgan fingerprint density at radius 1 is 0.885 bits per heavy atom. The van der Waals surface area contributed by atoms with E-state index in [0.29, 0.717) is 0 Å². The Morgan fingerprint density at radius 3 is 2.31 bits per heavy atom. The second-order valence-electron chi connectivity index (χ2n) is 7.61. The SMILES string of the molecule is Cc1cc(N2CCOCC2)nc(N2CCN(CC3CCOCC3)CC2)n1. The minimum Gasteiger partial charge on any atom is -0.381 e. The van der Waals surface area contributed by atoms with Gasteiger partial charge in [-0.05, 0) is 25.7 Å². The van der Waals surface area contributed by atoms with Crippen molar-refractivity contribution in [2.24, 2.45) is 5.92 Å². The van der Waals surface area contributed by atoms with Crippen molar-refractivity contribution in [3.8, 4) is 0 Å². The molecule has 3 aliphatic heterocycles. The molecule has 4 heterocycles. The summed E-state index contributed by atoms with van der Waals surface area (Å²) in [6.07, 6.45) is 2.42. The van der Waals surface area contributed by atoms with Crippen molar-refractivity contribution >= 4 is 11.8 Å². The fraction of sp³-hybridized carbons (Fsp3) is 0.789. The fourth-order valence-electron chi connectivity index (χ4n) is 4.06. The minimum absolute atomic E-state index is 0.781. The number of anilines is 2. The van der Waals surface area contributed by atoms with Crippen LogP contribution in [0.25, 0.3) is 0 Å². The highest BCUT2D eigenvalue weighted by atomic mass is 16.5.